The summed E-state index contributed by atoms with van der Waals surface area (Å²) in [5.74, 6) is -2.21. The van der Waals surface area contributed by atoms with Crippen LogP contribution in [0.15, 0.2) is 24.3 Å². The summed E-state index contributed by atoms with van der Waals surface area (Å²) in [6, 6.07) is 4.95. The maximum Gasteiger partial charge on any atom is 0.429 e. The molecule has 1 fully saturated rings. The fourth-order valence-electron chi connectivity index (χ4n) is 1.28. The molecule has 3 nitrogen and oxygen atoms in total. The zero-order valence-electron chi connectivity index (χ0n) is 8.34. The molecule has 7 heteroatoms. The van der Waals surface area contributed by atoms with Gasteiger partial charge in [-0.3, -0.25) is 4.79 Å². The van der Waals surface area contributed by atoms with Gasteiger partial charge in [-0.25, -0.2) is 4.39 Å². The third-order valence-corrected chi connectivity index (χ3v) is 2.38. The first kappa shape index (κ1) is 11.8. The highest BCUT2D eigenvalue weighted by atomic mass is 19.4. The molecule has 1 aliphatic rings. The number of epoxide rings is 1. The number of alkyl halides is 3. The van der Waals surface area contributed by atoms with Gasteiger partial charge >= 0.3 is 6.18 Å². The van der Waals surface area contributed by atoms with E-state index in [9.17, 15) is 22.4 Å². The van der Waals surface area contributed by atoms with Gasteiger partial charge in [0.05, 0.1) is 12.3 Å². The summed E-state index contributed by atoms with van der Waals surface area (Å²) in [4.78, 5) is 11.4. The van der Waals surface area contributed by atoms with Gasteiger partial charge in [0, 0.05) is 0 Å². The number of rotatable bonds is 2. The van der Waals surface area contributed by atoms with Crippen molar-refractivity contribution in [3.8, 4) is 0 Å². The van der Waals surface area contributed by atoms with Crippen LogP contribution >= 0.6 is 0 Å². The van der Waals surface area contributed by atoms with Crippen LogP contribution in [0.25, 0.3) is 0 Å². The molecule has 0 spiro atoms. The molecule has 1 amide bonds. The van der Waals surface area contributed by atoms with Gasteiger partial charge in [-0.2, -0.15) is 13.2 Å². The zero-order chi connectivity index (χ0) is 12.7. The van der Waals surface area contributed by atoms with Gasteiger partial charge in [-0.15, -0.1) is 0 Å². The second-order valence-corrected chi connectivity index (χ2v) is 3.55. The molecular weight excluding hydrogens is 242 g/mol. The Bertz CT molecular complexity index is 454. The highest BCUT2D eigenvalue weighted by Crippen LogP contribution is 2.44. The molecule has 1 aromatic carbocycles. The normalized spacial score (nSPS) is 23.3. The number of para-hydroxylation sites is 1. The average Bonchev–Trinajstić information content (AvgIpc) is 3.01. The molecule has 1 saturated heterocycles. The molecule has 0 aliphatic carbocycles. The Hall–Kier alpha value is -1.63. The molecule has 2 rings (SSSR count). The van der Waals surface area contributed by atoms with Gasteiger partial charge in [0.2, 0.25) is 0 Å². The first-order valence-electron chi connectivity index (χ1n) is 4.63. The van der Waals surface area contributed by atoms with E-state index in [2.05, 4.69) is 4.74 Å². The molecular formula is C10H7F4NO2. The van der Waals surface area contributed by atoms with Crippen molar-refractivity contribution in [1.29, 1.82) is 0 Å². The number of anilines is 1. The summed E-state index contributed by atoms with van der Waals surface area (Å²) >= 11 is 0. The minimum atomic E-state index is -4.80. The Morgan fingerprint density at radius 2 is 1.94 bits per heavy atom. The van der Waals surface area contributed by atoms with E-state index in [-0.39, 0.29) is 5.69 Å². The molecule has 92 valence electrons. The number of nitrogens with one attached hydrogen (secondary N) is 1. The Morgan fingerprint density at radius 1 is 1.35 bits per heavy atom. The molecule has 0 saturated carbocycles. The summed E-state index contributed by atoms with van der Waals surface area (Å²) in [5, 5.41) is 1.86. The molecule has 1 N–H and O–H groups in total. The molecule has 17 heavy (non-hydrogen) atoms. The van der Waals surface area contributed by atoms with E-state index in [0.717, 1.165) is 6.07 Å². The van der Waals surface area contributed by atoms with Crippen molar-refractivity contribution >= 4 is 11.6 Å². The summed E-state index contributed by atoms with van der Waals surface area (Å²) in [6.07, 6.45) is -4.80. The Balaban J connectivity index is 2.16. The molecule has 1 aromatic rings. The third kappa shape index (κ3) is 1.97. The lowest BCUT2D eigenvalue weighted by Gasteiger charge is -2.15. The number of carbonyl (C=O) groups excluding carboxylic acids is 1. The SMILES string of the molecule is O=C(Nc1ccccc1F)[C@@]1(C(F)(F)F)CO1. The largest absolute Gasteiger partial charge is 0.429 e. The van der Waals surface area contributed by atoms with Crippen molar-refractivity contribution in [3.05, 3.63) is 30.1 Å². The number of hydrogen-bond acceptors (Lipinski definition) is 2. The smallest absolute Gasteiger partial charge is 0.351 e. The Labute approximate surface area is 93.4 Å². The fraction of sp³-hybridized carbons (Fsp3) is 0.300. The minimum absolute atomic E-state index is 0.309. The van der Waals surface area contributed by atoms with Gasteiger partial charge in [0.1, 0.15) is 5.82 Å². The van der Waals surface area contributed by atoms with E-state index in [4.69, 9.17) is 0 Å². The highest BCUT2D eigenvalue weighted by molar-refractivity contribution is 5.99. The van der Waals surface area contributed by atoms with Crippen LogP contribution < -0.4 is 5.32 Å². The number of ether oxygens (including phenoxy) is 1. The number of amides is 1. The van der Waals surface area contributed by atoms with E-state index < -0.39 is 30.1 Å². The van der Waals surface area contributed by atoms with Crippen LogP contribution in [0, 0.1) is 5.82 Å². The predicted octanol–water partition coefficient (Wildman–Crippen LogP) is 2.10. The van der Waals surface area contributed by atoms with Crippen LogP contribution in [-0.2, 0) is 9.53 Å². The van der Waals surface area contributed by atoms with Gasteiger partial charge < -0.3 is 10.1 Å². The second kappa shape index (κ2) is 3.69. The zero-order valence-corrected chi connectivity index (χ0v) is 8.34. The predicted molar refractivity (Wildman–Crippen MR) is 49.8 cm³/mol. The lowest BCUT2D eigenvalue weighted by Crippen LogP contribution is -2.44. The van der Waals surface area contributed by atoms with Crippen molar-refractivity contribution in [2.45, 2.75) is 11.8 Å². The molecule has 0 bridgehead atoms. The van der Waals surface area contributed by atoms with Crippen LogP contribution in [0.2, 0.25) is 0 Å². The van der Waals surface area contributed by atoms with Crippen molar-refractivity contribution in [1.82, 2.24) is 0 Å². The Morgan fingerprint density at radius 3 is 2.41 bits per heavy atom. The summed E-state index contributed by atoms with van der Waals surface area (Å²) < 4.78 is 54.7. The monoisotopic (exact) mass is 249 g/mol. The maximum atomic E-state index is 13.1. The van der Waals surface area contributed by atoms with Gasteiger partial charge in [0.15, 0.2) is 0 Å². The van der Waals surface area contributed by atoms with Crippen LogP contribution in [0.4, 0.5) is 23.2 Å². The van der Waals surface area contributed by atoms with Gasteiger partial charge in [-0.05, 0) is 12.1 Å². The highest BCUT2D eigenvalue weighted by Gasteiger charge is 2.71. The molecule has 0 aromatic heterocycles. The van der Waals surface area contributed by atoms with Gasteiger partial charge in [-0.1, -0.05) is 12.1 Å². The first-order valence-corrected chi connectivity index (χ1v) is 4.63. The second-order valence-electron chi connectivity index (χ2n) is 3.55. The van der Waals surface area contributed by atoms with E-state index in [0.29, 0.717) is 0 Å². The molecule has 1 heterocycles. The average molecular weight is 249 g/mol. The van der Waals surface area contributed by atoms with E-state index in [1.807, 2.05) is 5.32 Å². The lowest BCUT2D eigenvalue weighted by molar-refractivity contribution is -0.186. The van der Waals surface area contributed by atoms with Crippen LogP contribution in [0.5, 0.6) is 0 Å². The van der Waals surface area contributed by atoms with Crippen molar-refractivity contribution in [2.24, 2.45) is 0 Å². The fourth-order valence-corrected chi connectivity index (χ4v) is 1.28. The maximum absolute atomic E-state index is 13.1. The number of carbonyl (C=O) groups is 1. The van der Waals surface area contributed by atoms with Crippen LogP contribution in [-0.4, -0.2) is 24.3 Å². The van der Waals surface area contributed by atoms with Crippen LogP contribution in [0.3, 0.4) is 0 Å². The lowest BCUT2D eigenvalue weighted by atomic mass is 10.1. The van der Waals surface area contributed by atoms with E-state index in [1.165, 1.54) is 18.2 Å². The van der Waals surface area contributed by atoms with Crippen molar-refractivity contribution < 1.29 is 27.1 Å². The third-order valence-electron chi connectivity index (χ3n) is 2.38. The number of hydrogen-bond donors (Lipinski definition) is 1. The molecule has 1 atom stereocenters. The van der Waals surface area contributed by atoms with E-state index >= 15 is 0 Å². The van der Waals surface area contributed by atoms with Crippen molar-refractivity contribution in [3.63, 3.8) is 0 Å². The topological polar surface area (TPSA) is 41.6 Å². The quantitative estimate of drug-likeness (QED) is 0.644. The molecule has 0 unspecified atom stereocenters. The summed E-state index contributed by atoms with van der Waals surface area (Å²) in [5.41, 5.74) is -3.13. The standard InChI is InChI=1S/C10H7F4NO2/c11-6-3-1-2-4-7(6)15-8(16)9(5-17-9)10(12,13)14/h1-4H,5H2,(H,15,16)/t9-/m1/s1. The van der Waals surface area contributed by atoms with Crippen LogP contribution in [0.1, 0.15) is 0 Å². The van der Waals surface area contributed by atoms with Crippen molar-refractivity contribution in [2.75, 3.05) is 11.9 Å². The molecule has 1 aliphatic heterocycles. The van der Waals surface area contributed by atoms with Gasteiger partial charge in [0.25, 0.3) is 11.5 Å². The first-order chi connectivity index (χ1) is 7.87. The number of benzene rings is 1. The van der Waals surface area contributed by atoms with E-state index in [1.54, 1.807) is 0 Å². The number of halogens is 4. The summed E-state index contributed by atoms with van der Waals surface area (Å²) in [7, 11) is 0. The summed E-state index contributed by atoms with van der Waals surface area (Å²) in [6.45, 7) is -0.739. The minimum Gasteiger partial charge on any atom is -0.351 e. The Kier molecular flexibility index (Phi) is 2.57. The molecule has 0 radical (unpaired) electrons.